The Morgan fingerprint density at radius 2 is 1.89 bits per heavy atom. The first kappa shape index (κ1) is 18.4. The SMILES string of the molecule is C=CC(=O)Nc1ccc(CCC(=O)NC2Cc3ccccc3NC2=O)cc1. The van der Waals surface area contributed by atoms with E-state index in [4.69, 9.17) is 0 Å². The van der Waals surface area contributed by atoms with Crippen molar-refractivity contribution in [1.29, 1.82) is 0 Å². The van der Waals surface area contributed by atoms with Crippen molar-refractivity contribution in [3.63, 3.8) is 0 Å². The maximum atomic E-state index is 12.2. The molecule has 0 spiro atoms. The van der Waals surface area contributed by atoms with Crippen LogP contribution in [0.2, 0.25) is 0 Å². The summed E-state index contributed by atoms with van der Waals surface area (Å²) in [5.41, 5.74) is 3.46. The maximum absolute atomic E-state index is 12.2. The molecule has 0 aliphatic carbocycles. The van der Waals surface area contributed by atoms with Crippen molar-refractivity contribution in [2.45, 2.75) is 25.3 Å². The summed E-state index contributed by atoms with van der Waals surface area (Å²) in [5, 5.41) is 8.30. The molecule has 0 bridgehead atoms. The van der Waals surface area contributed by atoms with Crippen LogP contribution < -0.4 is 16.0 Å². The third kappa shape index (κ3) is 4.82. The smallest absolute Gasteiger partial charge is 0.247 e. The molecule has 6 nitrogen and oxygen atoms in total. The lowest BCUT2D eigenvalue weighted by atomic mass is 9.99. The van der Waals surface area contributed by atoms with Gasteiger partial charge in [-0.05, 0) is 41.8 Å². The molecule has 0 saturated carbocycles. The quantitative estimate of drug-likeness (QED) is 0.689. The molecule has 0 saturated heterocycles. The Hall–Kier alpha value is -3.41. The Morgan fingerprint density at radius 3 is 2.63 bits per heavy atom. The molecule has 1 aliphatic heterocycles. The maximum Gasteiger partial charge on any atom is 0.247 e. The molecular formula is C21H21N3O3. The van der Waals surface area contributed by atoms with Crippen molar-refractivity contribution < 1.29 is 14.4 Å². The number of carbonyl (C=O) groups excluding carboxylic acids is 3. The first-order valence-corrected chi connectivity index (χ1v) is 8.75. The summed E-state index contributed by atoms with van der Waals surface area (Å²) in [4.78, 5) is 35.6. The summed E-state index contributed by atoms with van der Waals surface area (Å²) >= 11 is 0. The van der Waals surface area contributed by atoms with Crippen LogP contribution in [0, 0.1) is 0 Å². The lowest BCUT2D eigenvalue weighted by Crippen LogP contribution is -2.47. The minimum atomic E-state index is -0.552. The number of benzene rings is 2. The molecule has 1 unspecified atom stereocenters. The van der Waals surface area contributed by atoms with Gasteiger partial charge < -0.3 is 16.0 Å². The zero-order valence-electron chi connectivity index (χ0n) is 14.8. The fourth-order valence-electron chi connectivity index (χ4n) is 2.94. The highest BCUT2D eigenvalue weighted by molar-refractivity contribution is 6.00. The van der Waals surface area contributed by atoms with Crippen molar-refractivity contribution in [3.8, 4) is 0 Å². The first-order chi connectivity index (χ1) is 13.0. The molecule has 0 fully saturated rings. The van der Waals surface area contributed by atoms with Crippen molar-refractivity contribution in [2.24, 2.45) is 0 Å². The molecule has 27 heavy (non-hydrogen) atoms. The van der Waals surface area contributed by atoms with Gasteiger partial charge in [-0.3, -0.25) is 14.4 Å². The molecule has 2 aromatic carbocycles. The Kier molecular flexibility index (Phi) is 5.66. The van der Waals surface area contributed by atoms with Crippen molar-refractivity contribution >= 4 is 29.1 Å². The van der Waals surface area contributed by atoms with Gasteiger partial charge in [0.25, 0.3) is 0 Å². The Morgan fingerprint density at radius 1 is 1.15 bits per heavy atom. The van der Waals surface area contributed by atoms with Gasteiger partial charge in [0, 0.05) is 24.2 Å². The average Bonchev–Trinajstić information content (AvgIpc) is 2.68. The van der Waals surface area contributed by atoms with Crippen molar-refractivity contribution in [2.75, 3.05) is 10.6 Å². The predicted octanol–water partition coefficient (Wildman–Crippen LogP) is 2.42. The van der Waals surface area contributed by atoms with Crippen LogP contribution in [0.15, 0.2) is 61.2 Å². The number of rotatable bonds is 6. The number of anilines is 2. The normalized spacial score (nSPS) is 15.3. The van der Waals surface area contributed by atoms with Crippen LogP contribution in [0.1, 0.15) is 17.5 Å². The minimum absolute atomic E-state index is 0.168. The highest BCUT2D eigenvalue weighted by Gasteiger charge is 2.26. The number of fused-ring (bicyclic) bond motifs is 1. The molecule has 0 aromatic heterocycles. The average molecular weight is 363 g/mol. The number of amides is 3. The lowest BCUT2D eigenvalue weighted by molar-refractivity contribution is -0.126. The van der Waals surface area contributed by atoms with Crippen molar-refractivity contribution in [1.82, 2.24) is 5.32 Å². The summed E-state index contributed by atoms with van der Waals surface area (Å²) in [6.45, 7) is 3.40. The van der Waals surface area contributed by atoms with Crippen LogP contribution in [-0.2, 0) is 27.2 Å². The molecule has 3 rings (SSSR count). The highest BCUT2D eigenvalue weighted by Crippen LogP contribution is 2.22. The van der Waals surface area contributed by atoms with E-state index in [0.717, 1.165) is 16.8 Å². The number of para-hydroxylation sites is 1. The van der Waals surface area contributed by atoms with Gasteiger partial charge in [-0.1, -0.05) is 36.9 Å². The third-order valence-electron chi connectivity index (χ3n) is 4.40. The highest BCUT2D eigenvalue weighted by atomic mass is 16.2. The van der Waals surface area contributed by atoms with Crippen LogP contribution in [0.4, 0.5) is 11.4 Å². The van der Waals surface area contributed by atoms with Gasteiger partial charge in [-0.15, -0.1) is 0 Å². The molecule has 3 amide bonds. The van der Waals surface area contributed by atoms with Gasteiger partial charge in [0.15, 0.2) is 0 Å². The topological polar surface area (TPSA) is 87.3 Å². The van der Waals surface area contributed by atoms with E-state index in [2.05, 4.69) is 22.5 Å². The van der Waals surface area contributed by atoms with Gasteiger partial charge in [0.1, 0.15) is 6.04 Å². The molecule has 1 aliphatic rings. The van der Waals surface area contributed by atoms with Crippen LogP contribution in [0.5, 0.6) is 0 Å². The minimum Gasteiger partial charge on any atom is -0.344 e. The summed E-state index contributed by atoms with van der Waals surface area (Å²) in [6, 6.07) is 14.3. The number of carbonyl (C=O) groups is 3. The fraction of sp³-hybridized carbons (Fsp3) is 0.190. The van der Waals surface area contributed by atoms with Crippen LogP contribution >= 0.6 is 0 Å². The number of aryl methyl sites for hydroxylation is 1. The van der Waals surface area contributed by atoms with Crippen LogP contribution in [0.25, 0.3) is 0 Å². The van der Waals surface area contributed by atoms with Gasteiger partial charge in [-0.2, -0.15) is 0 Å². The van der Waals surface area contributed by atoms with E-state index in [9.17, 15) is 14.4 Å². The van der Waals surface area contributed by atoms with Crippen LogP contribution in [0.3, 0.4) is 0 Å². The Bertz CT molecular complexity index is 874. The van der Waals surface area contributed by atoms with Crippen LogP contribution in [-0.4, -0.2) is 23.8 Å². The second kappa shape index (κ2) is 8.31. The summed E-state index contributed by atoms with van der Waals surface area (Å²) < 4.78 is 0. The standard InChI is InChI=1S/C21H21N3O3/c1-2-19(25)22-16-10-7-14(8-11-16)9-12-20(26)23-18-13-15-5-3-4-6-17(15)24-21(18)27/h2-8,10-11,18H,1,9,12-13H2,(H,22,25)(H,23,26)(H,24,27). The van der Waals surface area contributed by atoms with E-state index in [0.29, 0.717) is 18.5 Å². The Balaban J connectivity index is 1.50. The van der Waals surface area contributed by atoms with E-state index < -0.39 is 6.04 Å². The summed E-state index contributed by atoms with van der Waals surface area (Å²) in [6.07, 6.45) is 2.53. The predicted molar refractivity (Wildman–Crippen MR) is 104 cm³/mol. The molecular weight excluding hydrogens is 342 g/mol. The second-order valence-electron chi connectivity index (χ2n) is 6.36. The van der Waals surface area contributed by atoms with E-state index in [-0.39, 0.29) is 24.1 Å². The van der Waals surface area contributed by atoms with Gasteiger partial charge >= 0.3 is 0 Å². The van der Waals surface area contributed by atoms with E-state index >= 15 is 0 Å². The van der Waals surface area contributed by atoms with E-state index in [1.54, 1.807) is 12.1 Å². The molecule has 2 aromatic rings. The zero-order valence-corrected chi connectivity index (χ0v) is 14.8. The fourth-order valence-corrected chi connectivity index (χ4v) is 2.94. The monoisotopic (exact) mass is 363 g/mol. The largest absolute Gasteiger partial charge is 0.344 e. The third-order valence-corrected chi connectivity index (χ3v) is 4.40. The number of hydrogen-bond acceptors (Lipinski definition) is 3. The Labute approximate surface area is 157 Å². The summed E-state index contributed by atoms with van der Waals surface area (Å²) in [7, 11) is 0. The molecule has 1 heterocycles. The van der Waals surface area contributed by atoms with Crippen molar-refractivity contribution in [3.05, 3.63) is 72.3 Å². The molecule has 0 radical (unpaired) electrons. The number of hydrogen-bond donors (Lipinski definition) is 3. The zero-order chi connectivity index (χ0) is 19.2. The summed E-state index contributed by atoms with van der Waals surface area (Å²) in [5.74, 6) is -0.627. The lowest BCUT2D eigenvalue weighted by Gasteiger charge is -2.25. The van der Waals surface area contributed by atoms with E-state index in [1.807, 2.05) is 36.4 Å². The van der Waals surface area contributed by atoms with Gasteiger partial charge in [0.2, 0.25) is 17.7 Å². The number of nitrogens with one attached hydrogen (secondary N) is 3. The molecule has 6 heteroatoms. The molecule has 138 valence electrons. The molecule has 1 atom stereocenters. The van der Waals surface area contributed by atoms with Gasteiger partial charge in [0.05, 0.1) is 0 Å². The van der Waals surface area contributed by atoms with E-state index in [1.165, 1.54) is 6.08 Å². The second-order valence-corrected chi connectivity index (χ2v) is 6.36. The van der Waals surface area contributed by atoms with Gasteiger partial charge in [-0.25, -0.2) is 0 Å². The first-order valence-electron chi connectivity index (χ1n) is 8.75. The molecule has 3 N–H and O–H groups in total.